The molecule has 7 heteroatoms. The van der Waals surface area contributed by atoms with Crippen LogP contribution in [-0.2, 0) is 0 Å². The van der Waals surface area contributed by atoms with Crippen molar-refractivity contribution >= 4 is 22.6 Å². The van der Waals surface area contributed by atoms with Gasteiger partial charge in [-0.3, -0.25) is 0 Å². The molecule has 2 aromatic rings. The minimum atomic E-state index is -0.384. The molecule has 0 radical (unpaired) electrons. The van der Waals surface area contributed by atoms with Crippen LogP contribution in [-0.4, -0.2) is 46.2 Å². The van der Waals surface area contributed by atoms with Crippen LogP contribution in [0.15, 0.2) is 30.3 Å². The van der Waals surface area contributed by atoms with Crippen LogP contribution < -0.4 is 35.6 Å². The van der Waals surface area contributed by atoms with E-state index in [1.54, 1.807) is 0 Å². The Labute approximate surface area is 203 Å². The number of amides is 1. The molecular weight excluding hydrogens is 515 g/mol. The number of aliphatic hydroxyl groups is 1. The molecule has 0 spiro atoms. The van der Waals surface area contributed by atoms with Crippen LogP contribution in [0, 0.1) is 5.41 Å². The number of carbonyl (C=O) groups is 1. The molecule has 0 aliphatic heterocycles. The third-order valence-corrected chi connectivity index (χ3v) is 7.99. The van der Waals surface area contributed by atoms with Gasteiger partial charge in [0.05, 0.1) is 0 Å². The first-order valence-corrected chi connectivity index (χ1v) is 15.1. The minimum absolute atomic E-state index is 0.0838. The molecular formula is C25H38IN4O2-. The quantitative estimate of drug-likeness (QED) is 0.190. The number of anilines is 1. The number of benzene rings is 1. The predicted octanol–water partition coefficient (Wildman–Crippen LogP) is 1.10. The van der Waals surface area contributed by atoms with Crippen LogP contribution >= 0.6 is 0 Å². The van der Waals surface area contributed by atoms with Gasteiger partial charge in [0, 0.05) is 0 Å². The average Bonchev–Trinajstić information content (AvgIpc) is 2.84. The fourth-order valence-corrected chi connectivity index (χ4v) is 5.65. The topological polar surface area (TPSA) is 86.3 Å². The first kappa shape index (κ1) is 25.2. The van der Waals surface area contributed by atoms with E-state index < -0.39 is 0 Å². The molecule has 1 aromatic heterocycles. The van der Waals surface area contributed by atoms with Crippen molar-refractivity contribution < 1.29 is 31.4 Å². The van der Waals surface area contributed by atoms with E-state index in [2.05, 4.69) is 28.0 Å². The van der Waals surface area contributed by atoms with Gasteiger partial charge in [0.25, 0.3) is 0 Å². The first-order valence-electron chi connectivity index (χ1n) is 11.9. The number of rotatable bonds is 11. The zero-order valence-corrected chi connectivity index (χ0v) is 21.7. The van der Waals surface area contributed by atoms with Crippen LogP contribution in [0.25, 0.3) is 10.9 Å². The van der Waals surface area contributed by atoms with Crippen LogP contribution in [0.4, 0.5) is 5.82 Å². The molecule has 0 bridgehead atoms. The van der Waals surface area contributed by atoms with E-state index in [1.165, 1.54) is 32.1 Å². The Kier molecular flexibility index (Phi) is 9.55. The summed E-state index contributed by atoms with van der Waals surface area (Å²) in [4.78, 5) is 19.6. The number of carbonyl (C=O) groups excluding carboxylic acids is 1. The second-order valence-corrected chi connectivity index (χ2v) is 10.5. The summed E-state index contributed by atoms with van der Waals surface area (Å²) in [5.41, 5.74) is 1.10. The van der Waals surface area contributed by atoms with E-state index in [-0.39, 0.29) is 45.4 Å². The van der Waals surface area contributed by atoms with Gasteiger partial charge in [0.15, 0.2) is 0 Å². The Morgan fingerprint density at radius 2 is 2.00 bits per heavy atom. The molecule has 6 nitrogen and oxygen atoms in total. The van der Waals surface area contributed by atoms with E-state index >= 15 is 0 Å². The van der Waals surface area contributed by atoms with Gasteiger partial charge in [-0.2, -0.15) is 0 Å². The third kappa shape index (κ3) is 5.91. The molecule has 1 heterocycles. The number of pyridine rings is 1. The van der Waals surface area contributed by atoms with E-state index in [1.807, 2.05) is 35.3 Å². The van der Waals surface area contributed by atoms with Crippen molar-refractivity contribution in [1.29, 1.82) is 0 Å². The Morgan fingerprint density at radius 3 is 2.66 bits per heavy atom. The maximum absolute atomic E-state index is 12.8. The second kappa shape index (κ2) is 12.1. The van der Waals surface area contributed by atoms with Gasteiger partial charge in [0.2, 0.25) is 0 Å². The molecule has 4 N–H and O–H groups in total. The fourth-order valence-electron chi connectivity index (χ4n) is 4.87. The van der Waals surface area contributed by atoms with Crippen LogP contribution in [0.2, 0.25) is 0 Å². The number of nitrogens with zero attached hydrogens (tertiary/aromatic N) is 1. The van der Waals surface area contributed by atoms with Gasteiger partial charge in [-0.25, -0.2) is 0 Å². The van der Waals surface area contributed by atoms with Gasteiger partial charge in [-0.15, -0.1) is 0 Å². The van der Waals surface area contributed by atoms with Crippen LogP contribution in [0.3, 0.4) is 0 Å². The molecule has 2 unspecified atom stereocenters. The van der Waals surface area contributed by atoms with Gasteiger partial charge >= 0.3 is 197 Å². The summed E-state index contributed by atoms with van der Waals surface area (Å²) in [5, 5.41) is 18.9. The Hall–Kier alpha value is -1.45. The first-order chi connectivity index (χ1) is 15.6. The number of aromatic nitrogens is 1. The number of fused-ring (bicyclic) bond motifs is 1. The third-order valence-electron chi connectivity index (χ3n) is 6.97. The number of halogens is 1. The number of alkyl halides is 1. The van der Waals surface area contributed by atoms with Crippen molar-refractivity contribution in [1.82, 2.24) is 13.8 Å². The van der Waals surface area contributed by atoms with Crippen molar-refractivity contribution in [2.75, 3.05) is 23.4 Å². The molecule has 178 valence electrons. The molecule has 1 amide bonds. The SMILES string of the molecule is CCC(NC1CCCCC1)C(CC)(CO)CNc1nc2ccccc2cc1C(=O)N[I-]C. The summed E-state index contributed by atoms with van der Waals surface area (Å²) in [6.45, 7) is 4.99. The predicted molar refractivity (Wildman–Crippen MR) is 128 cm³/mol. The van der Waals surface area contributed by atoms with Crippen molar-refractivity contribution in [3.05, 3.63) is 35.9 Å². The number of hydrogen-bond acceptors (Lipinski definition) is 5. The normalized spacial score (nSPS) is 17.8. The summed E-state index contributed by atoms with van der Waals surface area (Å²) >= 11 is -0.384. The van der Waals surface area contributed by atoms with Crippen LogP contribution in [0.1, 0.15) is 69.2 Å². The van der Waals surface area contributed by atoms with Gasteiger partial charge in [-0.1, -0.05) is 6.42 Å². The molecule has 1 aliphatic carbocycles. The van der Waals surface area contributed by atoms with Crippen molar-refractivity contribution in [3.8, 4) is 0 Å². The Bertz CT molecular complexity index is 881. The van der Waals surface area contributed by atoms with Crippen molar-refractivity contribution in [2.45, 2.75) is 70.9 Å². The maximum atomic E-state index is 12.8. The van der Waals surface area contributed by atoms with Crippen molar-refractivity contribution in [3.63, 3.8) is 0 Å². The van der Waals surface area contributed by atoms with E-state index in [4.69, 9.17) is 4.98 Å². The van der Waals surface area contributed by atoms with Crippen molar-refractivity contribution in [2.24, 2.45) is 5.41 Å². The molecule has 1 fully saturated rings. The molecule has 2 atom stereocenters. The Morgan fingerprint density at radius 1 is 1.25 bits per heavy atom. The van der Waals surface area contributed by atoms with Gasteiger partial charge in [-0.05, 0) is 0 Å². The molecule has 1 aliphatic rings. The summed E-state index contributed by atoms with van der Waals surface area (Å²) in [6, 6.07) is 10.5. The average molecular weight is 554 g/mol. The Balaban J connectivity index is 1.86. The standard InChI is InChI=1S/C25H38IN4O2/c1-4-22(28-19-12-7-6-8-13-19)25(5-2,17-31)16-27-23-20(24(32)30-26-3)15-18-11-9-10-14-21(18)29-23/h9-11,14-15,19,22,28,31H,4-8,12-13,16-17H2,1-3H3,(H,27,29)(H,30,32)/q-1. The van der Waals surface area contributed by atoms with E-state index in [0.29, 0.717) is 24.0 Å². The van der Waals surface area contributed by atoms with Gasteiger partial charge < -0.3 is 0 Å². The zero-order chi connectivity index (χ0) is 23.0. The van der Waals surface area contributed by atoms with E-state index in [9.17, 15) is 9.90 Å². The number of para-hydroxylation sites is 1. The second-order valence-electron chi connectivity index (χ2n) is 8.88. The number of nitrogens with one attached hydrogen (secondary N) is 3. The molecule has 32 heavy (non-hydrogen) atoms. The monoisotopic (exact) mass is 553 g/mol. The summed E-state index contributed by atoms with van der Waals surface area (Å²) in [5.74, 6) is 0.511. The van der Waals surface area contributed by atoms with Gasteiger partial charge in [0.1, 0.15) is 0 Å². The zero-order valence-electron chi connectivity index (χ0n) is 19.6. The van der Waals surface area contributed by atoms with E-state index in [0.717, 1.165) is 23.7 Å². The number of hydrogen-bond donors (Lipinski definition) is 4. The molecule has 1 saturated carbocycles. The van der Waals surface area contributed by atoms with Crippen LogP contribution in [0.5, 0.6) is 0 Å². The summed E-state index contributed by atoms with van der Waals surface area (Å²) in [7, 11) is 0. The fraction of sp³-hybridized carbons (Fsp3) is 0.600. The molecule has 0 saturated heterocycles. The summed E-state index contributed by atoms with van der Waals surface area (Å²) in [6.07, 6.45) is 8.11. The number of aliphatic hydroxyl groups excluding tert-OH is 1. The molecule has 1 aromatic carbocycles. The summed E-state index contributed by atoms with van der Waals surface area (Å²) < 4.78 is 3.01. The molecule has 3 rings (SSSR count).